The molecule has 0 unspecified atom stereocenters. The van der Waals surface area contributed by atoms with E-state index in [9.17, 15) is 4.79 Å². The van der Waals surface area contributed by atoms with E-state index in [4.69, 9.17) is 11.6 Å². The minimum absolute atomic E-state index is 0.0560. The number of benzene rings is 1. The molecular weight excluding hydrogens is 272 g/mol. The van der Waals surface area contributed by atoms with E-state index < -0.39 is 0 Å². The van der Waals surface area contributed by atoms with Crippen LogP contribution < -0.4 is 5.32 Å². The first-order chi connectivity index (χ1) is 9.58. The van der Waals surface area contributed by atoms with Crippen LogP contribution in [-0.2, 0) is 0 Å². The van der Waals surface area contributed by atoms with Gasteiger partial charge in [0.15, 0.2) is 0 Å². The predicted octanol–water partition coefficient (Wildman–Crippen LogP) is 4.18. The normalized spacial score (nSPS) is 16.6. The Hall–Kier alpha value is -1.22. The first kappa shape index (κ1) is 15.2. The number of anilines is 1. The summed E-state index contributed by atoms with van der Waals surface area (Å²) in [6.45, 7) is 0. The lowest BCUT2D eigenvalue weighted by Crippen LogP contribution is -2.23. The molecular formula is C16H23ClN2O. The maximum absolute atomic E-state index is 12.1. The van der Waals surface area contributed by atoms with Gasteiger partial charge in [-0.3, -0.25) is 4.79 Å². The summed E-state index contributed by atoms with van der Waals surface area (Å²) in [4.78, 5) is 13.6. The molecule has 0 bridgehead atoms. The molecule has 0 aliphatic heterocycles. The van der Waals surface area contributed by atoms with Crippen LogP contribution in [0.2, 0.25) is 5.02 Å². The summed E-state index contributed by atoms with van der Waals surface area (Å²) in [6, 6.07) is 6.15. The Labute approximate surface area is 126 Å². The Morgan fingerprint density at radius 3 is 2.45 bits per heavy atom. The first-order valence-electron chi connectivity index (χ1n) is 7.35. The Morgan fingerprint density at radius 1 is 1.20 bits per heavy atom. The Balaban J connectivity index is 2.12. The van der Waals surface area contributed by atoms with Gasteiger partial charge in [0.25, 0.3) is 5.91 Å². The largest absolute Gasteiger partial charge is 0.382 e. The lowest BCUT2D eigenvalue weighted by molar-refractivity contribution is 0.0828. The van der Waals surface area contributed by atoms with Crippen molar-refractivity contribution in [3.05, 3.63) is 28.8 Å². The Morgan fingerprint density at radius 2 is 1.85 bits per heavy atom. The third-order valence-electron chi connectivity index (χ3n) is 3.83. The summed E-state index contributed by atoms with van der Waals surface area (Å²) in [5.74, 6) is -0.0560. The molecule has 1 aliphatic carbocycles. The zero-order valence-electron chi connectivity index (χ0n) is 12.3. The number of hydrogen-bond donors (Lipinski definition) is 1. The highest BCUT2D eigenvalue weighted by molar-refractivity contribution is 6.34. The van der Waals surface area contributed by atoms with E-state index in [1.807, 2.05) is 12.1 Å². The summed E-state index contributed by atoms with van der Waals surface area (Å²) in [5, 5.41) is 4.06. The van der Waals surface area contributed by atoms with Crippen LogP contribution in [0.3, 0.4) is 0 Å². The molecule has 0 spiro atoms. The number of carbonyl (C=O) groups excluding carboxylic acids is 1. The summed E-state index contributed by atoms with van der Waals surface area (Å²) in [6.07, 6.45) is 7.66. The second kappa shape index (κ2) is 6.98. The van der Waals surface area contributed by atoms with Gasteiger partial charge >= 0.3 is 0 Å². The maximum Gasteiger partial charge on any atom is 0.254 e. The van der Waals surface area contributed by atoms with Gasteiger partial charge in [-0.15, -0.1) is 0 Å². The smallest absolute Gasteiger partial charge is 0.254 e. The average Bonchev–Trinajstić information content (AvgIpc) is 2.68. The zero-order chi connectivity index (χ0) is 14.5. The van der Waals surface area contributed by atoms with Gasteiger partial charge < -0.3 is 10.2 Å². The fourth-order valence-corrected chi connectivity index (χ4v) is 2.88. The molecule has 0 heterocycles. The molecule has 0 atom stereocenters. The van der Waals surface area contributed by atoms with Gasteiger partial charge in [0.1, 0.15) is 0 Å². The van der Waals surface area contributed by atoms with Crippen LogP contribution in [0.15, 0.2) is 18.2 Å². The molecule has 1 aromatic rings. The molecule has 20 heavy (non-hydrogen) atoms. The Kier molecular flexibility index (Phi) is 5.30. The quantitative estimate of drug-likeness (QED) is 0.848. The molecule has 2 rings (SSSR count). The molecule has 1 saturated carbocycles. The van der Waals surface area contributed by atoms with Crippen LogP contribution in [0.5, 0.6) is 0 Å². The average molecular weight is 295 g/mol. The highest BCUT2D eigenvalue weighted by Crippen LogP contribution is 2.25. The van der Waals surface area contributed by atoms with E-state index in [1.165, 1.54) is 38.5 Å². The van der Waals surface area contributed by atoms with Gasteiger partial charge in [-0.2, -0.15) is 0 Å². The summed E-state index contributed by atoms with van der Waals surface area (Å²) >= 11 is 6.13. The molecule has 1 aromatic carbocycles. The van der Waals surface area contributed by atoms with Crippen molar-refractivity contribution in [2.75, 3.05) is 19.4 Å². The van der Waals surface area contributed by atoms with Crippen LogP contribution in [-0.4, -0.2) is 30.9 Å². The second-order valence-electron chi connectivity index (χ2n) is 5.73. The van der Waals surface area contributed by atoms with Gasteiger partial charge in [0.2, 0.25) is 0 Å². The predicted molar refractivity (Wildman–Crippen MR) is 84.6 cm³/mol. The molecule has 110 valence electrons. The van der Waals surface area contributed by atoms with Crippen molar-refractivity contribution in [3.8, 4) is 0 Å². The number of rotatable bonds is 3. The van der Waals surface area contributed by atoms with E-state index in [1.54, 1.807) is 25.1 Å². The molecule has 1 aliphatic rings. The third kappa shape index (κ3) is 3.89. The van der Waals surface area contributed by atoms with Gasteiger partial charge in [0.05, 0.1) is 10.6 Å². The van der Waals surface area contributed by atoms with Gasteiger partial charge in [-0.25, -0.2) is 0 Å². The molecule has 0 radical (unpaired) electrons. The number of nitrogens with one attached hydrogen (secondary N) is 1. The van der Waals surface area contributed by atoms with Crippen LogP contribution >= 0.6 is 11.6 Å². The fourth-order valence-electron chi connectivity index (χ4n) is 2.68. The van der Waals surface area contributed by atoms with E-state index in [0.29, 0.717) is 16.6 Å². The van der Waals surface area contributed by atoms with E-state index in [0.717, 1.165) is 5.69 Å². The second-order valence-corrected chi connectivity index (χ2v) is 6.13. The number of hydrogen-bond acceptors (Lipinski definition) is 2. The van der Waals surface area contributed by atoms with Crippen LogP contribution in [0.1, 0.15) is 48.9 Å². The van der Waals surface area contributed by atoms with E-state index >= 15 is 0 Å². The molecule has 0 saturated heterocycles. The van der Waals surface area contributed by atoms with Crippen molar-refractivity contribution in [1.29, 1.82) is 0 Å². The Bertz CT molecular complexity index is 466. The molecule has 1 fully saturated rings. The number of amides is 1. The van der Waals surface area contributed by atoms with E-state index in [-0.39, 0.29) is 5.91 Å². The third-order valence-corrected chi connectivity index (χ3v) is 4.16. The highest BCUT2D eigenvalue weighted by atomic mass is 35.5. The lowest BCUT2D eigenvalue weighted by atomic mass is 10.1. The molecule has 4 heteroatoms. The van der Waals surface area contributed by atoms with Gasteiger partial charge in [0, 0.05) is 25.8 Å². The van der Waals surface area contributed by atoms with Gasteiger partial charge in [-0.05, 0) is 31.0 Å². The molecule has 3 nitrogen and oxygen atoms in total. The molecule has 1 amide bonds. The standard InChI is InChI=1S/C16H23ClN2O/c1-19(2)16(20)14-11-13(9-10-15(14)17)18-12-7-5-3-4-6-8-12/h9-12,18H,3-8H2,1-2H3. The minimum Gasteiger partial charge on any atom is -0.382 e. The van der Waals surface area contributed by atoms with Crippen molar-refractivity contribution < 1.29 is 4.79 Å². The minimum atomic E-state index is -0.0560. The topological polar surface area (TPSA) is 32.3 Å². The summed E-state index contributed by atoms with van der Waals surface area (Å²) in [5.41, 5.74) is 1.56. The van der Waals surface area contributed by atoms with Crippen molar-refractivity contribution in [3.63, 3.8) is 0 Å². The first-order valence-corrected chi connectivity index (χ1v) is 7.73. The number of carbonyl (C=O) groups is 1. The monoisotopic (exact) mass is 294 g/mol. The zero-order valence-corrected chi connectivity index (χ0v) is 13.0. The van der Waals surface area contributed by atoms with Crippen molar-refractivity contribution in [1.82, 2.24) is 4.90 Å². The summed E-state index contributed by atoms with van der Waals surface area (Å²) < 4.78 is 0. The van der Waals surface area contributed by atoms with Crippen LogP contribution in [0.4, 0.5) is 5.69 Å². The summed E-state index contributed by atoms with van der Waals surface area (Å²) in [7, 11) is 3.48. The van der Waals surface area contributed by atoms with Crippen molar-refractivity contribution in [2.24, 2.45) is 0 Å². The fraction of sp³-hybridized carbons (Fsp3) is 0.562. The van der Waals surface area contributed by atoms with Crippen LogP contribution in [0.25, 0.3) is 0 Å². The molecule has 0 aromatic heterocycles. The SMILES string of the molecule is CN(C)C(=O)c1cc(NC2CCCCCC2)ccc1Cl. The van der Waals surface area contributed by atoms with Crippen LogP contribution in [0, 0.1) is 0 Å². The van der Waals surface area contributed by atoms with Gasteiger partial charge in [-0.1, -0.05) is 37.3 Å². The lowest BCUT2D eigenvalue weighted by Gasteiger charge is -2.19. The number of halogens is 1. The van der Waals surface area contributed by atoms with Crippen molar-refractivity contribution in [2.45, 2.75) is 44.6 Å². The molecule has 1 N–H and O–H groups in total. The van der Waals surface area contributed by atoms with E-state index in [2.05, 4.69) is 5.32 Å². The van der Waals surface area contributed by atoms with Crippen molar-refractivity contribution >= 4 is 23.2 Å². The number of nitrogens with zero attached hydrogens (tertiary/aromatic N) is 1. The maximum atomic E-state index is 12.1. The highest BCUT2D eigenvalue weighted by Gasteiger charge is 2.15.